The number of esters is 1. The smallest absolute Gasteiger partial charge is 0.338 e. The topological polar surface area (TPSA) is 96.0 Å². The van der Waals surface area contributed by atoms with E-state index in [1.165, 1.54) is 12.1 Å². The van der Waals surface area contributed by atoms with E-state index in [2.05, 4.69) is 0 Å². The van der Waals surface area contributed by atoms with Crippen LogP contribution in [0.4, 0.5) is 0 Å². The van der Waals surface area contributed by atoms with Crippen molar-refractivity contribution in [3.05, 3.63) is 29.8 Å². The van der Waals surface area contributed by atoms with Crippen molar-refractivity contribution in [1.82, 2.24) is 0 Å². The predicted octanol–water partition coefficient (Wildman–Crippen LogP) is 3.60. The van der Waals surface area contributed by atoms with Gasteiger partial charge in [-0.05, 0) is 45.2 Å². The van der Waals surface area contributed by atoms with Crippen molar-refractivity contribution in [2.75, 3.05) is 25.7 Å². The van der Waals surface area contributed by atoms with E-state index < -0.39 is 35.8 Å². The van der Waals surface area contributed by atoms with Gasteiger partial charge in [0.05, 0.1) is 11.5 Å². The van der Waals surface area contributed by atoms with E-state index in [0.717, 1.165) is 5.56 Å². The van der Waals surface area contributed by atoms with Gasteiger partial charge in [0, 0.05) is 12.8 Å². The third-order valence-corrected chi connectivity index (χ3v) is 6.89. The fraction of sp³-hybridized carbons (Fsp3) is 0.632. The molecule has 1 aromatic rings. The molecule has 0 aliphatic heterocycles. The van der Waals surface area contributed by atoms with Crippen molar-refractivity contribution in [3.63, 3.8) is 0 Å². The molecule has 0 aliphatic carbocycles. The average molecular weight is 434 g/mol. The van der Waals surface area contributed by atoms with Crippen LogP contribution in [0.15, 0.2) is 29.2 Å². The van der Waals surface area contributed by atoms with Crippen molar-refractivity contribution >= 4 is 23.9 Å². The van der Waals surface area contributed by atoms with Crippen LogP contribution in [-0.2, 0) is 33.1 Å². The normalized spacial score (nSPS) is 15.2. The number of carbonyl (C=O) groups is 1. The first-order valence-electron chi connectivity index (χ1n) is 9.35. The van der Waals surface area contributed by atoms with Gasteiger partial charge >= 0.3 is 5.97 Å². The quantitative estimate of drug-likeness (QED) is 0.282. The summed E-state index contributed by atoms with van der Waals surface area (Å²) in [6.45, 7) is 9.51. The molecule has 160 valence electrons. The maximum absolute atomic E-state index is 12.7. The Hall–Kier alpha value is -1.21. The van der Waals surface area contributed by atoms with Crippen molar-refractivity contribution in [2.24, 2.45) is 5.92 Å². The Balaban J connectivity index is 2.92. The third kappa shape index (κ3) is 7.32. The molecule has 0 spiro atoms. The molecular formula is C19H31O7PS. The molecule has 0 heterocycles. The molecule has 9 heteroatoms. The molecule has 7 nitrogen and oxygen atoms in total. The van der Waals surface area contributed by atoms with Gasteiger partial charge in [0.1, 0.15) is 14.1 Å². The number of carbonyl (C=O) groups excluding carboxylic acids is 1. The van der Waals surface area contributed by atoms with Gasteiger partial charge in [0.25, 0.3) is 10.1 Å². The van der Waals surface area contributed by atoms with Crippen LogP contribution in [0.3, 0.4) is 0 Å². The Labute approximate surface area is 168 Å². The highest BCUT2D eigenvalue weighted by molar-refractivity contribution is 7.87. The summed E-state index contributed by atoms with van der Waals surface area (Å²) in [7, 11) is -6.63. The number of ether oxygens (including phenoxy) is 2. The molecule has 0 N–H and O–H groups in total. The van der Waals surface area contributed by atoms with Gasteiger partial charge in [-0.3, -0.25) is 4.18 Å². The lowest BCUT2D eigenvalue weighted by atomic mass is 9.94. The Morgan fingerprint density at radius 2 is 1.75 bits per heavy atom. The zero-order valence-corrected chi connectivity index (χ0v) is 19.0. The summed E-state index contributed by atoms with van der Waals surface area (Å²) in [5, 5.41) is 0. The van der Waals surface area contributed by atoms with Crippen LogP contribution < -0.4 is 0 Å². The van der Waals surface area contributed by atoms with Crippen LogP contribution in [0.1, 0.15) is 39.7 Å². The summed E-state index contributed by atoms with van der Waals surface area (Å²) in [6, 6.07) is 6.18. The monoisotopic (exact) mass is 434 g/mol. The first-order valence-corrected chi connectivity index (χ1v) is 12.6. The van der Waals surface area contributed by atoms with Gasteiger partial charge in [0.15, 0.2) is 5.60 Å². The Morgan fingerprint density at radius 3 is 2.25 bits per heavy atom. The predicted molar refractivity (Wildman–Crippen MR) is 109 cm³/mol. The summed E-state index contributed by atoms with van der Waals surface area (Å²) in [4.78, 5) is 12.5. The van der Waals surface area contributed by atoms with E-state index in [-0.39, 0.29) is 30.2 Å². The lowest BCUT2D eigenvalue weighted by molar-refractivity contribution is -0.171. The van der Waals surface area contributed by atoms with Crippen LogP contribution >= 0.6 is 7.80 Å². The SMILES string of the molecule is CCOC(=O)C(CC(C)C)(C[PH](=O)COS(=O)(=O)c1ccc(C)cc1)OCC. The largest absolute Gasteiger partial charge is 0.464 e. The lowest BCUT2D eigenvalue weighted by Crippen LogP contribution is -2.47. The van der Waals surface area contributed by atoms with Crippen molar-refractivity contribution in [1.29, 1.82) is 0 Å². The molecule has 1 aromatic carbocycles. The second kappa shape index (κ2) is 11.1. The number of hydrogen-bond acceptors (Lipinski definition) is 7. The average Bonchev–Trinajstić information content (AvgIpc) is 2.60. The van der Waals surface area contributed by atoms with E-state index >= 15 is 0 Å². The highest BCUT2D eigenvalue weighted by Crippen LogP contribution is 2.35. The molecule has 0 saturated heterocycles. The van der Waals surface area contributed by atoms with Crippen LogP contribution in [-0.4, -0.2) is 45.7 Å². The summed E-state index contributed by atoms with van der Waals surface area (Å²) in [5.41, 5.74) is -0.455. The van der Waals surface area contributed by atoms with E-state index in [1.54, 1.807) is 26.0 Å². The highest BCUT2D eigenvalue weighted by Gasteiger charge is 2.43. The van der Waals surface area contributed by atoms with Crippen LogP contribution in [0.25, 0.3) is 0 Å². The van der Waals surface area contributed by atoms with Gasteiger partial charge < -0.3 is 14.0 Å². The van der Waals surface area contributed by atoms with Crippen LogP contribution in [0, 0.1) is 12.8 Å². The minimum atomic E-state index is -4.03. The molecule has 0 saturated carbocycles. The van der Waals surface area contributed by atoms with E-state index in [0.29, 0.717) is 6.42 Å². The van der Waals surface area contributed by atoms with Crippen LogP contribution in [0.2, 0.25) is 0 Å². The summed E-state index contributed by atoms with van der Waals surface area (Å²) >= 11 is 0. The van der Waals surface area contributed by atoms with Crippen molar-refractivity contribution in [2.45, 2.75) is 51.5 Å². The van der Waals surface area contributed by atoms with E-state index in [1.807, 2.05) is 20.8 Å². The first kappa shape index (κ1) is 24.8. The van der Waals surface area contributed by atoms with Crippen LogP contribution in [0.5, 0.6) is 0 Å². The first-order chi connectivity index (χ1) is 13.1. The molecule has 0 bridgehead atoms. The third-order valence-electron chi connectivity index (χ3n) is 3.97. The Bertz CT molecular complexity index is 759. The van der Waals surface area contributed by atoms with Gasteiger partial charge in [-0.25, -0.2) is 4.79 Å². The summed E-state index contributed by atoms with van der Waals surface area (Å²) in [6.07, 6.45) is -0.306. The zero-order valence-electron chi connectivity index (χ0n) is 17.2. The minimum absolute atomic E-state index is 0.00320. The lowest BCUT2D eigenvalue weighted by Gasteiger charge is -2.32. The maximum Gasteiger partial charge on any atom is 0.338 e. The van der Waals surface area contributed by atoms with Gasteiger partial charge in [-0.15, -0.1) is 0 Å². The number of hydrogen-bond donors (Lipinski definition) is 0. The highest BCUT2D eigenvalue weighted by atomic mass is 32.2. The number of benzene rings is 1. The number of aryl methyl sites for hydroxylation is 1. The molecular weight excluding hydrogens is 403 g/mol. The molecule has 0 amide bonds. The maximum atomic E-state index is 12.7. The fourth-order valence-corrected chi connectivity index (χ4v) is 5.76. The summed E-state index contributed by atoms with van der Waals surface area (Å²) < 4.78 is 53.1. The summed E-state index contributed by atoms with van der Waals surface area (Å²) in [5.74, 6) is -0.492. The molecule has 28 heavy (non-hydrogen) atoms. The number of rotatable bonds is 12. The van der Waals surface area contributed by atoms with Crippen molar-refractivity contribution in [3.8, 4) is 0 Å². The molecule has 1 rings (SSSR count). The molecule has 0 aromatic heterocycles. The second-order valence-electron chi connectivity index (χ2n) is 6.99. The molecule has 0 radical (unpaired) electrons. The Kier molecular flexibility index (Phi) is 9.84. The van der Waals surface area contributed by atoms with Gasteiger partial charge in [-0.1, -0.05) is 31.5 Å². The van der Waals surface area contributed by atoms with Gasteiger partial charge in [-0.2, -0.15) is 8.42 Å². The van der Waals surface area contributed by atoms with E-state index in [4.69, 9.17) is 13.7 Å². The minimum Gasteiger partial charge on any atom is -0.464 e. The molecule has 0 fully saturated rings. The fourth-order valence-electron chi connectivity index (χ4n) is 2.88. The zero-order chi connectivity index (χ0) is 21.4. The molecule has 2 atom stereocenters. The van der Waals surface area contributed by atoms with E-state index in [9.17, 15) is 17.8 Å². The molecule has 0 aliphatic rings. The van der Waals surface area contributed by atoms with Crippen molar-refractivity contribution < 1.29 is 31.4 Å². The Morgan fingerprint density at radius 1 is 1.14 bits per heavy atom. The second-order valence-corrected chi connectivity index (χ2v) is 10.3. The standard InChI is InChI=1S/C19H31O7PS/c1-6-24-18(20)19(25-7-2,12-15(3)4)13-27(21)14-26-28(22,23)17-10-8-16(5)9-11-17/h8-11,15,27H,6-7,12-14H2,1-5H3. The molecule has 2 unspecified atom stereocenters. The van der Waals surface area contributed by atoms with Gasteiger partial charge in [0.2, 0.25) is 0 Å².